The molecule has 0 spiro atoms. The van der Waals surface area contributed by atoms with Gasteiger partial charge in [0.25, 0.3) is 5.91 Å². The minimum Gasteiger partial charge on any atom is -0.383 e. The van der Waals surface area contributed by atoms with Gasteiger partial charge in [-0.1, -0.05) is 36.4 Å². The molecule has 0 saturated carbocycles. The Morgan fingerprint density at radius 2 is 1.73 bits per heavy atom. The zero-order valence-electron chi connectivity index (χ0n) is 14.6. The van der Waals surface area contributed by atoms with Crippen molar-refractivity contribution in [3.05, 3.63) is 66.0 Å². The number of anilines is 1. The number of amides is 1. The van der Waals surface area contributed by atoms with Gasteiger partial charge in [-0.3, -0.25) is 4.79 Å². The molecule has 26 heavy (non-hydrogen) atoms. The Morgan fingerprint density at radius 3 is 2.42 bits per heavy atom. The summed E-state index contributed by atoms with van der Waals surface area (Å²) in [5.74, 6) is 0.624. The largest absolute Gasteiger partial charge is 0.383 e. The summed E-state index contributed by atoms with van der Waals surface area (Å²) in [5.41, 5.74) is 13.2. The molecular weight excluding hydrogens is 326 g/mol. The number of hydrogen-bond donors (Lipinski definition) is 3. The highest BCUT2D eigenvalue weighted by Gasteiger charge is 2.13. The first kappa shape index (κ1) is 17.8. The van der Waals surface area contributed by atoms with Crippen LogP contribution in [0.2, 0.25) is 0 Å². The number of primary amides is 1. The van der Waals surface area contributed by atoms with Crippen molar-refractivity contribution in [3.63, 3.8) is 0 Å². The highest BCUT2D eigenvalue weighted by atomic mass is 16.1. The lowest BCUT2D eigenvalue weighted by atomic mass is 9.90. The molecule has 6 nitrogen and oxygen atoms in total. The van der Waals surface area contributed by atoms with E-state index in [9.17, 15) is 4.79 Å². The third-order valence-electron chi connectivity index (χ3n) is 4.57. The molecule has 2 aromatic carbocycles. The van der Waals surface area contributed by atoms with Crippen molar-refractivity contribution in [3.8, 4) is 0 Å². The second kappa shape index (κ2) is 8.40. The topological polar surface area (TPSA) is 107 Å². The Kier molecular flexibility index (Phi) is 5.76. The van der Waals surface area contributed by atoms with E-state index in [2.05, 4.69) is 45.6 Å². The first-order chi connectivity index (χ1) is 12.7. The maximum atomic E-state index is 11.0. The number of nitrogen functional groups attached to an aromatic ring is 1. The summed E-state index contributed by atoms with van der Waals surface area (Å²) in [6.45, 7) is 2.36. The number of hydrogen-bond acceptors (Lipinski definition) is 5. The molecule has 0 unspecified atom stereocenters. The Balaban J connectivity index is 0.000000152. The van der Waals surface area contributed by atoms with E-state index in [1.165, 1.54) is 37.8 Å². The van der Waals surface area contributed by atoms with Crippen LogP contribution < -0.4 is 16.8 Å². The van der Waals surface area contributed by atoms with Crippen molar-refractivity contribution in [2.45, 2.75) is 18.8 Å². The van der Waals surface area contributed by atoms with Crippen molar-refractivity contribution >= 4 is 22.6 Å². The van der Waals surface area contributed by atoms with E-state index in [1.54, 1.807) is 18.2 Å². The number of nitrogens with two attached hydrogens (primary N) is 2. The van der Waals surface area contributed by atoms with Crippen LogP contribution in [0.15, 0.2) is 54.9 Å². The maximum Gasteiger partial charge on any atom is 0.250 e. The predicted molar refractivity (Wildman–Crippen MR) is 104 cm³/mol. The smallest absolute Gasteiger partial charge is 0.250 e. The summed E-state index contributed by atoms with van der Waals surface area (Å²) in [6, 6.07) is 15.9. The van der Waals surface area contributed by atoms with E-state index >= 15 is 0 Å². The Morgan fingerprint density at radius 1 is 1.00 bits per heavy atom. The molecule has 2 heterocycles. The Labute approximate surface area is 152 Å². The minimum absolute atomic E-state index is 0.345. The second-order valence-electron chi connectivity index (χ2n) is 6.26. The van der Waals surface area contributed by atoms with Crippen LogP contribution in [0.1, 0.15) is 34.7 Å². The number of carbonyl (C=O) groups is 1. The van der Waals surface area contributed by atoms with Gasteiger partial charge in [0.2, 0.25) is 0 Å². The SMILES string of the molecule is NC(=O)c1cccc2c(N)ncnc12.c1ccc(C2CCNCC2)cc1. The van der Waals surface area contributed by atoms with E-state index in [-0.39, 0.29) is 0 Å². The molecule has 1 amide bonds. The summed E-state index contributed by atoms with van der Waals surface area (Å²) >= 11 is 0. The van der Waals surface area contributed by atoms with Crippen LogP contribution in [-0.2, 0) is 0 Å². The average Bonchev–Trinajstić information content (AvgIpc) is 2.70. The Bertz CT molecular complexity index is 876. The van der Waals surface area contributed by atoms with Crippen LogP contribution in [0, 0.1) is 0 Å². The first-order valence-electron chi connectivity index (χ1n) is 8.71. The van der Waals surface area contributed by atoms with Gasteiger partial charge in [0.1, 0.15) is 12.1 Å². The number of fused-ring (bicyclic) bond motifs is 1. The summed E-state index contributed by atoms with van der Waals surface area (Å²) in [4.78, 5) is 18.8. The summed E-state index contributed by atoms with van der Waals surface area (Å²) in [6.07, 6.45) is 3.90. The molecule has 0 atom stereocenters. The fourth-order valence-electron chi connectivity index (χ4n) is 3.19. The molecule has 6 heteroatoms. The van der Waals surface area contributed by atoms with Crippen molar-refractivity contribution in [2.24, 2.45) is 5.73 Å². The molecule has 5 N–H and O–H groups in total. The van der Waals surface area contributed by atoms with Gasteiger partial charge in [-0.2, -0.15) is 0 Å². The number of nitrogens with one attached hydrogen (secondary N) is 1. The highest BCUT2D eigenvalue weighted by Crippen LogP contribution is 2.24. The van der Waals surface area contributed by atoms with Crippen molar-refractivity contribution in [1.82, 2.24) is 15.3 Å². The molecule has 1 aliphatic rings. The molecule has 1 aliphatic heterocycles. The van der Waals surface area contributed by atoms with Gasteiger partial charge in [-0.15, -0.1) is 0 Å². The lowest BCUT2D eigenvalue weighted by molar-refractivity contribution is 0.100. The first-order valence-corrected chi connectivity index (χ1v) is 8.71. The quantitative estimate of drug-likeness (QED) is 0.659. The Hall–Kier alpha value is -2.99. The molecule has 4 rings (SSSR count). The molecule has 1 fully saturated rings. The number of aromatic nitrogens is 2. The number of rotatable bonds is 2. The standard InChI is InChI=1S/C11H15N.C9H8N4O/c1-2-4-10(5-3-1)11-6-8-12-9-7-11;10-8-5-2-1-3-6(9(11)14)7(5)12-4-13-8/h1-5,11-12H,6-9H2;1-4H,(H2,11,14)(H2,10,12,13). The van der Waals surface area contributed by atoms with Crippen molar-refractivity contribution < 1.29 is 4.79 Å². The van der Waals surface area contributed by atoms with Crippen molar-refractivity contribution in [1.29, 1.82) is 0 Å². The predicted octanol–water partition coefficient (Wildman–Crippen LogP) is 2.46. The summed E-state index contributed by atoms with van der Waals surface area (Å²) in [5, 5.41) is 4.03. The number of piperidine rings is 1. The molecule has 134 valence electrons. The molecule has 0 aliphatic carbocycles. The van der Waals surface area contributed by atoms with Gasteiger partial charge in [0, 0.05) is 5.39 Å². The van der Waals surface area contributed by atoms with Gasteiger partial charge in [-0.25, -0.2) is 9.97 Å². The lowest BCUT2D eigenvalue weighted by Crippen LogP contribution is -2.26. The van der Waals surface area contributed by atoms with Crippen LogP contribution in [0.3, 0.4) is 0 Å². The van der Waals surface area contributed by atoms with Gasteiger partial charge in [0.15, 0.2) is 0 Å². The third-order valence-corrected chi connectivity index (χ3v) is 4.57. The molecule has 1 aromatic heterocycles. The van der Waals surface area contributed by atoms with E-state index < -0.39 is 5.91 Å². The highest BCUT2D eigenvalue weighted by molar-refractivity contribution is 6.06. The monoisotopic (exact) mass is 349 g/mol. The zero-order chi connectivity index (χ0) is 18.4. The molecular formula is C20H23N5O. The summed E-state index contributed by atoms with van der Waals surface area (Å²) in [7, 11) is 0. The van der Waals surface area contributed by atoms with Gasteiger partial charge in [-0.05, 0) is 49.5 Å². The van der Waals surface area contributed by atoms with Crippen molar-refractivity contribution in [2.75, 3.05) is 18.8 Å². The number of para-hydroxylation sites is 1. The van der Waals surface area contributed by atoms with E-state index in [0.29, 0.717) is 22.3 Å². The van der Waals surface area contributed by atoms with Gasteiger partial charge >= 0.3 is 0 Å². The summed E-state index contributed by atoms with van der Waals surface area (Å²) < 4.78 is 0. The maximum absolute atomic E-state index is 11.0. The fraction of sp³-hybridized carbons (Fsp3) is 0.250. The van der Waals surface area contributed by atoms with Gasteiger partial charge < -0.3 is 16.8 Å². The number of benzene rings is 2. The van der Waals surface area contributed by atoms with Crippen LogP contribution in [-0.4, -0.2) is 29.0 Å². The number of nitrogens with zero attached hydrogens (tertiary/aromatic N) is 2. The third kappa shape index (κ3) is 4.15. The van der Waals surface area contributed by atoms with Crippen LogP contribution in [0.5, 0.6) is 0 Å². The molecule has 0 radical (unpaired) electrons. The number of carbonyl (C=O) groups excluding carboxylic acids is 1. The van der Waals surface area contributed by atoms with Crippen LogP contribution in [0.4, 0.5) is 5.82 Å². The molecule has 3 aromatic rings. The van der Waals surface area contributed by atoms with Gasteiger partial charge in [0.05, 0.1) is 11.1 Å². The normalized spacial score (nSPS) is 14.5. The minimum atomic E-state index is -0.520. The molecule has 0 bridgehead atoms. The van der Waals surface area contributed by atoms with E-state index in [1.807, 2.05) is 0 Å². The van der Waals surface area contributed by atoms with Crippen LogP contribution in [0.25, 0.3) is 10.9 Å². The molecule has 1 saturated heterocycles. The second-order valence-corrected chi connectivity index (χ2v) is 6.26. The zero-order valence-corrected chi connectivity index (χ0v) is 14.6. The van der Waals surface area contributed by atoms with Crippen LogP contribution >= 0.6 is 0 Å². The lowest BCUT2D eigenvalue weighted by Gasteiger charge is -2.22. The van der Waals surface area contributed by atoms with E-state index in [0.717, 1.165) is 5.92 Å². The average molecular weight is 349 g/mol. The van der Waals surface area contributed by atoms with E-state index in [4.69, 9.17) is 11.5 Å². The fourth-order valence-corrected chi connectivity index (χ4v) is 3.19.